The van der Waals surface area contributed by atoms with Gasteiger partial charge in [-0.3, -0.25) is 0 Å². The standard InChI is InChI=1S/C13H14N2O2S/c1-3-17-12(16)11-9(2)18-13(15-11)14-10-7-5-4-6-8-10/h4-8H,3H2,1-2H3,(H,14,15). The largest absolute Gasteiger partial charge is 0.461 e. The monoisotopic (exact) mass is 262 g/mol. The van der Waals surface area contributed by atoms with Gasteiger partial charge in [-0.15, -0.1) is 11.3 Å². The van der Waals surface area contributed by atoms with E-state index >= 15 is 0 Å². The van der Waals surface area contributed by atoms with E-state index in [1.54, 1.807) is 6.92 Å². The van der Waals surface area contributed by atoms with E-state index in [0.29, 0.717) is 17.4 Å². The third-order valence-corrected chi connectivity index (χ3v) is 3.18. The van der Waals surface area contributed by atoms with Gasteiger partial charge in [-0.05, 0) is 26.0 Å². The summed E-state index contributed by atoms with van der Waals surface area (Å²) in [6, 6.07) is 9.72. The van der Waals surface area contributed by atoms with Crippen molar-refractivity contribution in [1.82, 2.24) is 4.98 Å². The molecule has 18 heavy (non-hydrogen) atoms. The minimum atomic E-state index is -0.368. The van der Waals surface area contributed by atoms with Gasteiger partial charge in [-0.1, -0.05) is 18.2 Å². The van der Waals surface area contributed by atoms with E-state index in [4.69, 9.17) is 4.74 Å². The number of thiazole rings is 1. The molecular weight excluding hydrogens is 248 g/mol. The number of nitrogens with one attached hydrogen (secondary N) is 1. The third kappa shape index (κ3) is 2.87. The first-order valence-corrected chi connectivity index (χ1v) is 6.49. The second-order valence-corrected chi connectivity index (χ2v) is 4.84. The van der Waals surface area contributed by atoms with Crippen molar-refractivity contribution in [3.8, 4) is 0 Å². The Hall–Kier alpha value is -1.88. The fraction of sp³-hybridized carbons (Fsp3) is 0.231. The molecule has 0 aliphatic carbocycles. The van der Waals surface area contributed by atoms with Crippen LogP contribution in [0.4, 0.5) is 10.8 Å². The zero-order valence-electron chi connectivity index (χ0n) is 10.3. The maximum Gasteiger partial charge on any atom is 0.358 e. The van der Waals surface area contributed by atoms with Crippen LogP contribution in [0.25, 0.3) is 0 Å². The zero-order chi connectivity index (χ0) is 13.0. The molecule has 5 heteroatoms. The van der Waals surface area contributed by atoms with Crippen molar-refractivity contribution in [3.05, 3.63) is 40.9 Å². The molecule has 0 saturated carbocycles. The second-order valence-electron chi connectivity index (χ2n) is 3.64. The van der Waals surface area contributed by atoms with Gasteiger partial charge in [0.25, 0.3) is 0 Å². The molecule has 0 aliphatic heterocycles. The molecule has 1 aromatic carbocycles. The quantitative estimate of drug-likeness (QED) is 0.858. The molecular formula is C13H14N2O2S. The van der Waals surface area contributed by atoms with Gasteiger partial charge in [0, 0.05) is 10.6 Å². The number of esters is 1. The van der Waals surface area contributed by atoms with Crippen LogP contribution in [0.5, 0.6) is 0 Å². The molecule has 2 aromatic rings. The van der Waals surface area contributed by atoms with E-state index < -0.39 is 0 Å². The first-order chi connectivity index (χ1) is 8.70. The predicted molar refractivity (Wildman–Crippen MR) is 72.5 cm³/mol. The van der Waals surface area contributed by atoms with Gasteiger partial charge < -0.3 is 10.1 Å². The Labute approximate surface area is 110 Å². The van der Waals surface area contributed by atoms with E-state index in [1.165, 1.54) is 11.3 Å². The lowest BCUT2D eigenvalue weighted by atomic mass is 10.3. The first-order valence-electron chi connectivity index (χ1n) is 5.67. The number of aromatic nitrogens is 1. The number of hydrogen-bond acceptors (Lipinski definition) is 5. The minimum absolute atomic E-state index is 0.358. The van der Waals surface area contributed by atoms with Crippen molar-refractivity contribution < 1.29 is 9.53 Å². The maximum absolute atomic E-state index is 11.6. The molecule has 1 aromatic heterocycles. The third-order valence-electron chi connectivity index (χ3n) is 2.29. The fourth-order valence-corrected chi connectivity index (χ4v) is 2.31. The van der Waals surface area contributed by atoms with Gasteiger partial charge >= 0.3 is 5.97 Å². The van der Waals surface area contributed by atoms with Crippen molar-refractivity contribution in [2.24, 2.45) is 0 Å². The van der Waals surface area contributed by atoms with Crippen LogP contribution in [-0.2, 0) is 4.74 Å². The van der Waals surface area contributed by atoms with Gasteiger partial charge in [-0.25, -0.2) is 9.78 Å². The molecule has 0 spiro atoms. The lowest BCUT2D eigenvalue weighted by Crippen LogP contribution is -2.06. The van der Waals surface area contributed by atoms with Crippen LogP contribution in [0.15, 0.2) is 30.3 Å². The number of hydrogen-bond donors (Lipinski definition) is 1. The highest BCUT2D eigenvalue weighted by atomic mass is 32.1. The number of para-hydroxylation sites is 1. The summed E-state index contributed by atoms with van der Waals surface area (Å²) in [4.78, 5) is 16.7. The van der Waals surface area contributed by atoms with Crippen LogP contribution < -0.4 is 5.32 Å². The number of ether oxygens (including phenoxy) is 1. The van der Waals surface area contributed by atoms with E-state index in [1.807, 2.05) is 37.3 Å². The van der Waals surface area contributed by atoms with Crippen LogP contribution in [0.2, 0.25) is 0 Å². The normalized spacial score (nSPS) is 10.1. The van der Waals surface area contributed by atoms with Crippen molar-refractivity contribution in [2.75, 3.05) is 11.9 Å². The van der Waals surface area contributed by atoms with Crippen LogP contribution in [0, 0.1) is 6.92 Å². The average Bonchev–Trinajstić information content (AvgIpc) is 2.72. The van der Waals surface area contributed by atoms with Gasteiger partial charge in [0.1, 0.15) is 0 Å². The second kappa shape index (κ2) is 5.64. The molecule has 0 amide bonds. The number of carbonyl (C=O) groups excluding carboxylic acids is 1. The summed E-state index contributed by atoms with van der Waals surface area (Å²) in [7, 11) is 0. The van der Waals surface area contributed by atoms with Gasteiger partial charge in [0.2, 0.25) is 0 Å². The Kier molecular flexibility index (Phi) is 3.94. The van der Waals surface area contributed by atoms with Crippen LogP contribution in [0.1, 0.15) is 22.3 Å². The Morgan fingerprint density at radius 1 is 1.39 bits per heavy atom. The van der Waals surface area contributed by atoms with Crippen LogP contribution >= 0.6 is 11.3 Å². The molecule has 4 nitrogen and oxygen atoms in total. The number of carbonyl (C=O) groups is 1. The van der Waals surface area contributed by atoms with E-state index in [-0.39, 0.29) is 5.97 Å². The number of anilines is 2. The molecule has 0 unspecified atom stereocenters. The summed E-state index contributed by atoms with van der Waals surface area (Å²) in [5.41, 5.74) is 1.34. The summed E-state index contributed by atoms with van der Waals surface area (Å²) < 4.78 is 4.95. The highest BCUT2D eigenvalue weighted by Gasteiger charge is 2.16. The highest BCUT2D eigenvalue weighted by Crippen LogP contribution is 2.25. The van der Waals surface area contributed by atoms with Crippen LogP contribution in [-0.4, -0.2) is 17.6 Å². The Morgan fingerprint density at radius 2 is 2.11 bits per heavy atom. The summed E-state index contributed by atoms with van der Waals surface area (Å²) in [6.45, 7) is 4.00. The van der Waals surface area contributed by atoms with E-state index in [2.05, 4.69) is 10.3 Å². The molecule has 2 rings (SSSR count). The summed E-state index contributed by atoms with van der Waals surface area (Å²) >= 11 is 1.44. The number of nitrogens with zero attached hydrogens (tertiary/aromatic N) is 1. The molecule has 0 fully saturated rings. The highest BCUT2D eigenvalue weighted by molar-refractivity contribution is 7.15. The molecule has 0 atom stereocenters. The SMILES string of the molecule is CCOC(=O)c1nc(Nc2ccccc2)sc1C. The maximum atomic E-state index is 11.6. The molecule has 0 bridgehead atoms. The van der Waals surface area contributed by atoms with Crippen molar-refractivity contribution >= 4 is 28.1 Å². The summed E-state index contributed by atoms with van der Waals surface area (Å²) in [5, 5.41) is 3.86. The van der Waals surface area contributed by atoms with E-state index in [9.17, 15) is 4.79 Å². The summed E-state index contributed by atoms with van der Waals surface area (Å²) in [6.07, 6.45) is 0. The summed E-state index contributed by atoms with van der Waals surface area (Å²) in [5.74, 6) is -0.368. The molecule has 0 radical (unpaired) electrons. The Balaban J connectivity index is 2.16. The fourth-order valence-electron chi connectivity index (χ4n) is 1.48. The molecule has 0 saturated heterocycles. The van der Waals surface area contributed by atoms with Crippen molar-refractivity contribution in [2.45, 2.75) is 13.8 Å². The average molecular weight is 262 g/mol. The minimum Gasteiger partial charge on any atom is -0.461 e. The Bertz CT molecular complexity index is 537. The van der Waals surface area contributed by atoms with Gasteiger partial charge in [0.05, 0.1) is 6.61 Å². The van der Waals surface area contributed by atoms with Crippen LogP contribution in [0.3, 0.4) is 0 Å². The number of benzene rings is 1. The molecule has 1 heterocycles. The van der Waals surface area contributed by atoms with Crippen molar-refractivity contribution in [3.63, 3.8) is 0 Å². The molecule has 1 N–H and O–H groups in total. The number of rotatable bonds is 4. The first kappa shape index (κ1) is 12.6. The van der Waals surface area contributed by atoms with Crippen molar-refractivity contribution in [1.29, 1.82) is 0 Å². The van der Waals surface area contributed by atoms with Gasteiger partial charge in [-0.2, -0.15) is 0 Å². The lowest BCUT2D eigenvalue weighted by molar-refractivity contribution is 0.0519. The smallest absolute Gasteiger partial charge is 0.358 e. The van der Waals surface area contributed by atoms with E-state index in [0.717, 1.165) is 10.6 Å². The predicted octanol–water partition coefficient (Wildman–Crippen LogP) is 3.37. The molecule has 0 aliphatic rings. The molecule has 94 valence electrons. The lowest BCUT2D eigenvalue weighted by Gasteiger charge is -2.00. The zero-order valence-corrected chi connectivity index (χ0v) is 11.1. The van der Waals surface area contributed by atoms with Gasteiger partial charge in [0.15, 0.2) is 10.8 Å². The Morgan fingerprint density at radius 3 is 2.78 bits per heavy atom. The topological polar surface area (TPSA) is 51.2 Å². The number of aryl methyl sites for hydroxylation is 1.